The Kier molecular flexibility index (Phi) is 19.3. The molecule has 0 spiro atoms. The molecule has 0 aromatic rings. The number of carbonyl (C=O) groups excluding carboxylic acids is 1. The Labute approximate surface area is 436 Å². The third-order valence-corrected chi connectivity index (χ3v) is 17.7. The molecule has 5 aliphatic heterocycles. The van der Waals surface area contributed by atoms with Gasteiger partial charge in [0.2, 0.25) is 6.29 Å². The molecule has 17 N–H and O–H groups in total. The lowest BCUT2D eigenvalue weighted by atomic mass is 9.44. The zero-order valence-electron chi connectivity index (χ0n) is 42.0. The van der Waals surface area contributed by atoms with Crippen LogP contribution in [0.15, 0.2) is 12.2 Å². The molecule has 8 rings (SSSR count). The van der Waals surface area contributed by atoms with Crippen molar-refractivity contribution in [3.8, 4) is 0 Å². The molecule has 0 radical (unpaired) electrons. The normalized spacial score (nSPS) is 53.1. The second kappa shape index (κ2) is 24.3. The summed E-state index contributed by atoms with van der Waals surface area (Å²) in [6, 6.07) is 0. The van der Waals surface area contributed by atoms with Gasteiger partial charge in [-0.05, 0) is 74.2 Å². The maximum absolute atomic E-state index is 14.8. The van der Waals surface area contributed by atoms with Crippen LogP contribution >= 0.6 is 0 Å². The highest BCUT2D eigenvalue weighted by atomic mass is 16.8. The van der Waals surface area contributed by atoms with E-state index in [1.807, 2.05) is 0 Å². The largest absolute Gasteiger partial charge is 0.432 e. The highest BCUT2D eigenvalue weighted by Crippen LogP contribution is 2.65. The van der Waals surface area contributed by atoms with E-state index >= 15 is 0 Å². The number of aliphatic hydroxyl groups is 17. The molecule has 8 fully saturated rings. The Morgan fingerprint density at radius 2 is 0.921 bits per heavy atom. The van der Waals surface area contributed by atoms with Gasteiger partial charge in [0.05, 0.1) is 44.6 Å². The molecule has 76 heavy (non-hydrogen) atoms. The summed E-state index contributed by atoms with van der Waals surface area (Å²) in [7, 11) is 0. The monoisotopic (exact) mass is 1100 g/mol. The molecular formula is C48H78O28. The van der Waals surface area contributed by atoms with Gasteiger partial charge in [-0.3, -0.25) is 4.79 Å². The predicted octanol–water partition coefficient (Wildman–Crippen LogP) is -7.82. The van der Waals surface area contributed by atoms with Gasteiger partial charge >= 0.3 is 5.97 Å². The molecule has 28 nitrogen and oxygen atoms in total. The van der Waals surface area contributed by atoms with Crippen molar-refractivity contribution < 1.29 is 139 Å². The second-order valence-electron chi connectivity index (χ2n) is 22.2. The SMILES string of the molecule is C=C1CC2CCC3[C@](C)(C(=O)OC4OC(CO)C(O)C(O)C4OC4OC(CO)C(O)C(O)C4O)CCC[C@@]3(C)[C@@H]2CC1OC1OC(CO)C(O)C(OC2OC(CO)C(O)C(O)C2O)C1OC1OC(CO)C(O)C(O)C1O. The fourth-order valence-corrected chi connectivity index (χ4v) is 13.2. The van der Waals surface area contributed by atoms with Crippen LogP contribution in [-0.2, 0) is 52.2 Å². The zero-order chi connectivity index (χ0) is 55.5. The molecule has 3 aliphatic carbocycles. The van der Waals surface area contributed by atoms with Crippen molar-refractivity contribution >= 4 is 5.97 Å². The van der Waals surface area contributed by atoms with Crippen LogP contribution in [0.2, 0.25) is 0 Å². The third-order valence-electron chi connectivity index (χ3n) is 17.7. The first kappa shape index (κ1) is 60.3. The minimum Gasteiger partial charge on any atom is -0.432 e. The molecule has 0 aromatic carbocycles. The van der Waals surface area contributed by atoms with Gasteiger partial charge in [-0.15, -0.1) is 0 Å². The maximum Gasteiger partial charge on any atom is 0.314 e. The van der Waals surface area contributed by atoms with E-state index in [0.717, 1.165) is 0 Å². The first-order valence-electron chi connectivity index (χ1n) is 26.0. The number of esters is 1. The smallest absolute Gasteiger partial charge is 0.314 e. The molecule has 28 heteroatoms. The van der Waals surface area contributed by atoms with Gasteiger partial charge in [0, 0.05) is 0 Å². The van der Waals surface area contributed by atoms with Crippen LogP contribution in [-0.4, -0.2) is 285 Å². The van der Waals surface area contributed by atoms with Crippen LogP contribution in [0.25, 0.3) is 0 Å². The Hall–Kier alpha value is -1.83. The average Bonchev–Trinajstić information content (AvgIpc) is 3.44. The molecule has 0 aromatic heterocycles. The Morgan fingerprint density at radius 3 is 1.41 bits per heavy atom. The fraction of sp³-hybridized carbons (Fsp3) is 0.938. The van der Waals surface area contributed by atoms with E-state index in [9.17, 15) is 91.6 Å². The Morgan fingerprint density at radius 1 is 0.500 bits per heavy atom. The van der Waals surface area contributed by atoms with Crippen LogP contribution in [0.4, 0.5) is 0 Å². The summed E-state index contributed by atoms with van der Waals surface area (Å²) in [5.41, 5.74) is -1.31. The first-order chi connectivity index (χ1) is 36.0. The molecule has 0 amide bonds. The quantitative estimate of drug-likeness (QED) is 0.0411. The van der Waals surface area contributed by atoms with Crippen LogP contribution in [0.1, 0.15) is 58.8 Å². The summed E-state index contributed by atoms with van der Waals surface area (Å²) < 4.78 is 59.6. The van der Waals surface area contributed by atoms with Gasteiger partial charge in [-0.1, -0.05) is 19.9 Å². The molecule has 3 saturated carbocycles. The van der Waals surface area contributed by atoms with Crippen molar-refractivity contribution in [2.75, 3.05) is 33.0 Å². The first-order valence-corrected chi connectivity index (χ1v) is 26.0. The van der Waals surface area contributed by atoms with Gasteiger partial charge in [0.25, 0.3) is 0 Å². The van der Waals surface area contributed by atoms with Gasteiger partial charge in [0.15, 0.2) is 31.3 Å². The summed E-state index contributed by atoms with van der Waals surface area (Å²) in [5, 5.41) is 180. The summed E-state index contributed by atoms with van der Waals surface area (Å²) in [4.78, 5) is 14.8. The van der Waals surface area contributed by atoms with Crippen molar-refractivity contribution in [2.45, 2.75) is 218 Å². The maximum atomic E-state index is 14.8. The molecule has 438 valence electrons. The highest BCUT2D eigenvalue weighted by Gasteiger charge is 2.63. The van der Waals surface area contributed by atoms with Gasteiger partial charge in [-0.2, -0.15) is 0 Å². The molecule has 31 atom stereocenters. The van der Waals surface area contributed by atoms with Crippen molar-refractivity contribution in [3.05, 3.63) is 12.2 Å². The second-order valence-corrected chi connectivity index (χ2v) is 22.2. The number of carbonyl (C=O) groups is 1. The zero-order valence-corrected chi connectivity index (χ0v) is 42.0. The number of rotatable bonds is 15. The standard InChI is InChI=1S/C48H78O28/c1-16-9-17-5-6-25-47(2,7-4-8-48(25,3)46(66)76-44-39(34(62)29(57)23(14-52)71-44)74-42-36(64)32(60)27(55)21(12-50)69-42)18(17)10-19(16)67-45-40(75-43-37(65)33(61)28(56)22(13-51)70-43)38(30(58)24(15-53)72-45)73-41-35(63)31(59)26(54)20(11-49)68-41/h17-45,49-65H,1,4-15H2,2-3H3/t17?,18-,19?,20?,21?,22?,23?,24?,25?,26?,27?,28?,29?,30?,31?,32?,33?,34?,35?,36?,37?,38?,39?,40?,41?,42?,43?,44?,45?,47+,48-/m1/s1. The minimum absolute atomic E-state index is 0.00892. The van der Waals surface area contributed by atoms with E-state index in [0.29, 0.717) is 44.1 Å². The van der Waals surface area contributed by atoms with Gasteiger partial charge in [-0.25, -0.2) is 0 Å². The number of hydrogen-bond acceptors (Lipinski definition) is 28. The molecule has 5 saturated heterocycles. The van der Waals surface area contributed by atoms with E-state index in [1.165, 1.54) is 0 Å². The van der Waals surface area contributed by atoms with Gasteiger partial charge < -0.3 is 134 Å². The van der Waals surface area contributed by atoms with Crippen molar-refractivity contribution in [2.24, 2.45) is 28.6 Å². The highest BCUT2D eigenvalue weighted by molar-refractivity contribution is 5.77. The van der Waals surface area contributed by atoms with Crippen LogP contribution in [0.3, 0.4) is 0 Å². The summed E-state index contributed by atoms with van der Waals surface area (Å²) in [5.74, 6) is -1.39. The number of ether oxygens (including phenoxy) is 10. The number of fused-ring (bicyclic) bond motifs is 3. The van der Waals surface area contributed by atoms with Crippen LogP contribution in [0, 0.1) is 28.6 Å². The lowest BCUT2D eigenvalue weighted by molar-refractivity contribution is -0.395. The molecule has 0 bridgehead atoms. The van der Waals surface area contributed by atoms with Crippen LogP contribution in [0.5, 0.6) is 0 Å². The number of aliphatic hydroxyl groups excluding tert-OH is 17. The fourth-order valence-electron chi connectivity index (χ4n) is 13.2. The number of hydrogen-bond donors (Lipinski definition) is 17. The summed E-state index contributed by atoms with van der Waals surface area (Å²) in [6.07, 6.45) is -42.2. The molecule has 5 heterocycles. The Bertz CT molecular complexity index is 1930. The summed E-state index contributed by atoms with van der Waals surface area (Å²) in [6.45, 7) is 3.95. The van der Waals surface area contributed by atoms with E-state index in [2.05, 4.69) is 13.5 Å². The van der Waals surface area contributed by atoms with E-state index in [4.69, 9.17) is 47.4 Å². The third kappa shape index (κ3) is 11.1. The van der Waals surface area contributed by atoms with Crippen molar-refractivity contribution in [1.29, 1.82) is 0 Å². The van der Waals surface area contributed by atoms with Crippen molar-refractivity contribution in [1.82, 2.24) is 0 Å². The average molecular weight is 1100 g/mol. The Balaban J connectivity index is 1.05. The molecular weight excluding hydrogens is 1020 g/mol. The van der Waals surface area contributed by atoms with E-state index < -0.39 is 215 Å². The van der Waals surface area contributed by atoms with E-state index in [-0.39, 0.29) is 18.3 Å². The topological polar surface area (TPSA) is 453 Å². The van der Waals surface area contributed by atoms with Gasteiger partial charge in [0.1, 0.15) is 116 Å². The predicted molar refractivity (Wildman–Crippen MR) is 245 cm³/mol. The summed E-state index contributed by atoms with van der Waals surface area (Å²) >= 11 is 0. The lowest BCUT2D eigenvalue weighted by Crippen LogP contribution is -2.67. The lowest BCUT2D eigenvalue weighted by Gasteiger charge is -2.61. The van der Waals surface area contributed by atoms with Crippen molar-refractivity contribution in [3.63, 3.8) is 0 Å². The molecule has 28 unspecified atom stereocenters. The van der Waals surface area contributed by atoms with Crippen LogP contribution < -0.4 is 0 Å². The van der Waals surface area contributed by atoms with E-state index in [1.54, 1.807) is 6.92 Å². The minimum atomic E-state index is -2.01. The molecule has 8 aliphatic rings.